The Morgan fingerprint density at radius 1 is 0.789 bits per heavy atom. The van der Waals surface area contributed by atoms with Crippen LogP contribution in [0.15, 0.2) is 115 Å². The predicted molar refractivity (Wildman–Crippen MR) is 152 cm³/mol. The molecule has 4 heteroatoms. The summed E-state index contributed by atoms with van der Waals surface area (Å²) in [6, 6.07) is 39.9. The summed E-state index contributed by atoms with van der Waals surface area (Å²) in [7, 11) is 0. The molecule has 2 aliphatic rings. The van der Waals surface area contributed by atoms with Gasteiger partial charge in [-0.3, -0.25) is 14.5 Å². The van der Waals surface area contributed by atoms with E-state index in [2.05, 4.69) is 104 Å². The van der Waals surface area contributed by atoms with Gasteiger partial charge in [-0.25, -0.2) is 5.06 Å². The minimum absolute atomic E-state index is 0.155. The van der Waals surface area contributed by atoms with Gasteiger partial charge in [-0.2, -0.15) is 0 Å². The molecule has 192 valence electrons. The lowest BCUT2D eigenvalue weighted by Gasteiger charge is -2.43. The van der Waals surface area contributed by atoms with E-state index in [1.54, 1.807) is 0 Å². The lowest BCUT2D eigenvalue weighted by molar-refractivity contribution is -0.151. The van der Waals surface area contributed by atoms with Gasteiger partial charge in [-0.1, -0.05) is 109 Å². The molecule has 0 bridgehead atoms. The Balaban J connectivity index is 1.51. The van der Waals surface area contributed by atoms with Crippen LogP contribution in [0.3, 0.4) is 0 Å². The highest BCUT2D eigenvalue weighted by Crippen LogP contribution is 2.55. The molecule has 2 saturated heterocycles. The van der Waals surface area contributed by atoms with Gasteiger partial charge in [0.1, 0.15) is 0 Å². The highest BCUT2D eigenvalue weighted by molar-refractivity contribution is 5.91. The summed E-state index contributed by atoms with van der Waals surface area (Å²) in [5.41, 5.74) is 4.67. The number of Topliss-reactive ketones (excluding diaryl/α,β-unsaturated/α-hetero) is 1. The average Bonchev–Trinajstić information content (AvgIpc) is 3.31. The predicted octanol–water partition coefficient (Wildman–Crippen LogP) is 7.05. The van der Waals surface area contributed by atoms with Gasteiger partial charge in [0.15, 0.2) is 11.4 Å². The molecule has 0 amide bonds. The first-order valence-electron chi connectivity index (χ1n) is 13.5. The Labute approximate surface area is 225 Å². The lowest BCUT2D eigenvalue weighted by Crippen LogP contribution is -2.58. The third-order valence-corrected chi connectivity index (χ3v) is 8.29. The number of hydrogen-bond acceptors (Lipinski definition) is 4. The van der Waals surface area contributed by atoms with E-state index in [1.165, 1.54) is 11.1 Å². The lowest BCUT2D eigenvalue weighted by atomic mass is 9.71. The molecule has 0 N–H and O–H groups in total. The van der Waals surface area contributed by atoms with Gasteiger partial charge in [-0.05, 0) is 42.7 Å². The maximum Gasteiger partial charge on any atom is 0.176 e. The Hall–Kier alpha value is -3.73. The number of carbonyl (C=O) groups is 1. The zero-order valence-electron chi connectivity index (χ0n) is 22.0. The number of anilines is 1. The molecule has 4 aromatic rings. The molecular weight excluding hydrogens is 468 g/mol. The van der Waals surface area contributed by atoms with Gasteiger partial charge in [0.2, 0.25) is 0 Å². The molecule has 4 atom stereocenters. The summed E-state index contributed by atoms with van der Waals surface area (Å²) >= 11 is 0. The van der Waals surface area contributed by atoms with E-state index in [9.17, 15) is 4.79 Å². The second-order valence-electron chi connectivity index (χ2n) is 10.6. The van der Waals surface area contributed by atoms with E-state index in [-0.39, 0.29) is 23.8 Å². The molecule has 0 aromatic heterocycles. The number of likely N-dealkylation sites (tertiary alicyclic amines) is 1. The SMILES string of the molecule is Cc1ccc([C@@H]2[C@@H](c3ccccc3)N(c3ccccc3)OC23CN(C(C)c2ccccc2)CCC3=O)cc1. The monoisotopic (exact) mass is 502 g/mol. The second-order valence-corrected chi connectivity index (χ2v) is 10.6. The van der Waals surface area contributed by atoms with Crippen molar-refractivity contribution in [3.05, 3.63) is 138 Å². The molecular formula is C34H34N2O2. The third-order valence-electron chi connectivity index (χ3n) is 8.29. The largest absolute Gasteiger partial charge is 0.296 e. The number of benzene rings is 4. The molecule has 0 saturated carbocycles. The summed E-state index contributed by atoms with van der Waals surface area (Å²) in [4.78, 5) is 23.6. The molecule has 0 aliphatic carbocycles. The molecule has 6 rings (SSSR count). The molecule has 2 heterocycles. The summed E-state index contributed by atoms with van der Waals surface area (Å²) in [5.74, 6) is 0.00271. The van der Waals surface area contributed by atoms with Crippen LogP contribution in [0.25, 0.3) is 0 Å². The maximum absolute atomic E-state index is 14.1. The summed E-state index contributed by atoms with van der Waals surface area (Å²) in [5, 5.41) is 2.01. The van der Waals surface area contributed by atoms with E-state index in [0.29, 0.717) is 13.0 Å². The van der Waals surface area contributed by atoms with Gasteiger partial charge >= 0.3 is 0 Å². The van der Waals surface area contributed by atoms with E-state index >= 15 is 0 Å². The summed E-state index contributed by atoms with van der Waals surface area (Å²) < 4.78 is 0. The van der Waals surface area contributed by atoms with Crippen molar-refractivity contribution in [3.63, 3.8) is 0 Å². The Morgan fingerprint density at radius 3 is 2.05 bits per heavy atom. The summed E-state index contributed by atoms with van der Waals surface area (Å²) in [6.07, 6.45) is 0.462. The topological polar surface area (TPSA) is 32.8 Å². The van der Waals surface area contributed by atoms with Gasteiger partial charge < -0.3 is 0 Å². The fraction of sp³-hybridized carbons (Fsp3) is 0.265. The number of piperidine rings is 1. The number of nitrogens with zero attached hydrogens (tertiary/aromatic N) is 2. The molecule has 4 aromatic carbocycles. The molecule has 38 heavy (non-hydrogen) atoms. The first-order valence-corrected chi connectivity index (χ1v) is 13.5. The Morgan fingerprint density at radius 2 is 1.39 bits per heavy atom. The highest BCUT2D eigenvalue weighted by atomic mass is 16.7. The number of ketones is 1. The zero-order chi connectivity index (χ0) is 26.1. The van der Waals surface area contributed by atoms with E-state index in [4.69, 9.17) is 4.84 Å². The van der Waals surface area contributed by atoms with Crippen molar-refractivity contribution in [2.45, 2.75) is 43.9 Å². The van der Waals surface area contributed by atoms with Crippen LogP contribution in [0.1, 0.15) is 53.6 Å². The smallest absolute Gasteiger partial charge is 0.176 e. The molecule has 2 aliphatic heterocycles. The minimum Gasteiger partial charge on any atom is -0.296 e. The van der Waals surface area contributed by atoms with E-state index in [1.807, 2.05) is 35.4 Å². The van der Waals surface area contributed by atoms with Crippen LogP contribution in [0.2, 0.25) is 0 Å². The van der Waals surface area contributed by atoms with Crippen LogP contribution in [0, 0.1) is 6.92 Å². The van der Waals surface area contributed by atoms with Gasteiger partial charge in [0.25, 0.3) is 0 Å². The van der Waals surface area contributed by atoms with Crippen molar-refractivity contribution in [2.75, 3.05) is 18.2 Å². The number of carbonyl (C=O) groups excluding carboxylic acids is 1. The quantitative estimate of drug-likeness (QED) is 0.293. The van der Waals surface area contributed by atoms with Crippen molar-refractivity contribution in [2.24, 2.45) is 0 Å². The molecule has 0 radical (unpaired) electrons. The minimum atomic E-state index is -1.01. The second kappa shape index (κ2) is 10.2. The molecule has 1 spiro atoms. The van der Waals surface area contributed by atoms with Crippen LogP contribution >= 0.6 is 0 Å². The molecule has 2 fully saturated rings. The number of aryl methyl sites for hydroxylation is 1. The maximum atomic E-state index is 14.1. The van der Waals surface area contributed by atoms with E-state index in [0.717, 1.165) is 23.4 Å². The van der Waals surface area contributed by atoms with Crippen molar-refractivity contribution in [1.29, 1.82) is 0 Å². The normalized spacial score (nSPS) is 24.6. The number of rotatable bonds is 5. The standard InChI is InChI=1S/C34H34N2O2/c1-25-18-20-28(21-19-25)32-33(29-14-8-4-9-15-29)36(30-16-10-5-11-17-30)38-34(32)24-35(23-22-31(34)37)26(2)27-12-6-3-7-13-27/h3-21,26,32-33H,22-24H2,1-2H3/t26?,32-,33-,34?/m1/s1. The van der Waals surface area contributed by atoms with Crippen LogP contribution in [0.5, 0.6) is 0 Å². The van der Waals surface area contributed by atoms with Crippen LogP contribution in [0.4, 0.5) is 5.69 Å². The first-order chi connectivity index (χ1) is 18.6. The van der Waals surface area contributed by atoms with Gasteiger partial charge in [0, 0.05) is 25.6 Å². The van der Waals surface area contributed by atoms with Crippen molar-refractivity contribution >= 4 is 11.5 Å². The van der Waals surface area contributed by atoms with Gasteiger partial charge in [-0.15, -0.1) is 0 Å². The van der Waals surface area contributed by atoms with Crippen molar-refractivity contribution in [1.82, 2.24) is 4.90 Å². The highest BCUT2D eigenvalue weighted by Gasteiger charge is 2.61. The summed E-state index contributed by atoms with van der Waals surface area (Å²) in [6.45, 7) is 5.60. The number of para-hydroxylation sites is 1. The average molecular weight is 503 g/mol. The Bertz CT molecular complexity index is 1370. The number of hydrogen-bond donors (Lipinski definition) is 0. The van der Waals surface area contributed by atoms with Crippen molar-refractivity contribution in [3.8, 4) is 0 Å². The Kier molecular flexibility index (Phi) is 6.61. The van der Waals surface area contributed by atoms with Crippen LogP contribution in [-0.2, 0) is 9.63 Å². The zero-order valence-corrected chi connectivity index (χ0v) is 22.0. The van der Waals surface area contributed by atoms with Crippen molar-refractivity contribution < 1.29 is 9.63 Å². The fourth-order valence-electron chi connectivity index (χ4n) is 6.22. The number of hydroxylamine groups is 1. The first kappa shape index (κ1) is 24.6. The third kappa shape index (κ3) is 4.34. The van der Waals surface area contributed by atoms with Crippen LogP contribution in [-0.4, -0.2) is 29.4 Å². The van der Waals surface area contributed by atoms with E-state index < -0.39 is 5.60 Å². The molecule has 2 unspecified atom stereocenters. The van der Waals surface area contributed by atoms with Crippen LogP contribution < -0.4 is 5.06 Å². The van der Waals surface area contributed by atoms with Gasteiger partial charge in [0.05, 0.1) is 17.6 Å². The molecule has 4 nitrogen and oxygen atoms in total. The fourth-order valence-corrected chi connectivity index (χ4v) is 6.22.